The largest absolute Gasteiger partial charge is 0.484 e. The lowest BCUT2D eigenvalue weighted by molar-refractivity contribution is -0.137. The molecule has 1 aromatic carbocycles. The molecular formula is C16H23NO3. The Balaban J connectivity index is 1.86. The van der Waals surface area contributed by atoms with Crippen molar-refractivity contribution < 1.29 is 14.6 Å². The standard InChI is InChI=1S/C16H23NO3/c1-12-7-9-13(10-8-12)20-11-16(19)17(2)14-5-3-4-6-15(14)18/h7-10,14-15,18H,3-6,11H2,1-2H3/t14-,15+/m0/s1. The second kappa shape index (κ2) is 6.75. The second-order valence-electron chi connectivity index (χ2n) is 5.53. The Labute approximate surface area is 120 Å². The predicted molar refractivity (Wildman–Crippen MR) is 77.7 cm³/mol. The minimum Gasteiger partial charge on any atom is -0.484 e. The number of rotatable bonds is 4. The van der Waals surface area contributed by atoms with Crippen LogP contribution in [-0.4, -0.2) is 41.7 Å². The van der Waals surface area contributed by atoms with E-state index in [1.807, 2.05) is 31.2 Å². The number of hydrogen-bond acceptors (Lipinski definition) is 3. The van der Waals surface area contributed by atoms with Crippen LogP contribution in [0.4, 0.5) is 0 Å². The number of aliphatic hydroxyl groups excluding tert-OH is 1. The number of hydrogen-bond donors (Lipinski definition) is 1. The fourth-order valence-corrected chi connectivity index (χ4v) is 2.61. The Morgan fingerprint density at radius 1 is 1.30 bits per heavy atom. The first-order chi connectivity index (χ1) is 9.58. The van der Waals surface area contributed by atoms with Crippen LogP contribution in [0, 0.1) is 6.92 Å². The van der Waals surface area contributed by atoms with Gasteiger partial charge in [0.15, 0.2) is 6.61 Å². The van der Waals surface area contributed by atoms with Gasteiger partial charge in [-0.2, -0.15) is 0 Å². The summed E-state index contributed by atoms with van der Waals surface area (Å²) in [6, 6.07) is 7.55. The molecule has 1 fully saturated rings. The molecule has 1 amide bonds. The van der Waals surface area contributed by atoms with E-state index in [9.17, 15) is 9.90 Å². The minimum absolute atomic E-state index is 0.0166. The van der Waals surface area contributed by atoms with E-state index in [-0.39, 0.29) is 18.6 Å². The summed E-state index contributed by atoms with van der Waals surface area (Å²) in [7, 11) is 1.75. The molecule has 0 heterocycles. The smallest absolute Gasteiger partial charge is 0.260 e. The summed E-state index contributed by atoms with van der Waals surface area (Å²) in [6.07, 6.45) is 3.35. The summed E-state index contributed by atoms with van der Waals surface area (Å²) >= 11 is 0. The molecule has 0 saturated heterocycles. The lowest BCUT2D eigenvalue weighted by atomic mass is 9.91. The number of nitrogens with zero attached hydrogens (tertiary/aromatic N) is 1. The summed E-state index contributed by atoms with van der Waals surface area (Å²) in [6.45, 7) is 2.02. The Morgan fingerprint density at radius 3 is 2.60 bits per heavy atom. The Hall–Kier alpha value is -1.55. The first-order valence-electron chi connectivity index (χ1n) is 7.21. The quantitative estimate of drug-likeness (QED) is 0.917. The van der Waals surface area contributed by atoms with Gasteiger partial charge in [0.1, 0.15) is 5.75 Å². The highest BCUT2D eigenvalue weighted by molar-refractivity contribution is 5.77. The van der Waals surface area contributed by atoms with Crippen molar-refractivity contribution in [3.8, 4) is 5.75 Å². The SMILES string of the molecule is Cc1ccc(OCC(=O)N(C)[C@H]2CCCC[C@H]2O)cc1. The minimum atomic E-state index is -0.405. The third kappa shape index (κ3) is 3.73. The Kier molecular flexibility index (Phi) is 5.01. The average molecular weight is 277 g/mol. The molecular weight excluding hydrogens is 254 g/mol. The van der Waals surface area contributed by atoms with Gasteiger partial charge in [-0.3, -0.25) is 4.79 Å². The van der Waals surface area contributed by atoms with Crippen LogP contribution in [0.1, 0.15) is 31.2 Å². The van der Waals surface area contributed by atoms with Crippen molar-refractivity contribution in [3.63, 3.8) is 0 Å². The number of benzene rings is 1. The molecule has 0 aromatic heterocycles. The molecule has 0 radical (unpaired) electrons. The maximum atomic E-state index is 12.1. The molecule has 0 bridgehead atoms. The van der Waals surface area contributed by atoms with Gasteiger partial charge in [0.05, 0.1) is 12.1 Å². The van der Waals surface area contributed by atoms with E-state index in [0.29, 0.717) is 5.75 Å². The number of carbonyl (C=O) groups is 1. The number of ether oxygens (including phenoxy) is 1. The third-order valence-electron chi connectivity index (χ3n) is 3.97. The molecule has 0 unspecified atom stereocenters. The average Bonchev–Trinajstić information content (AvgIpc) is 2.46. The lowest BCUT2D eigenvalue weighted by Crippen LogP contribution is -2.47. The van der Waals surface area contributed by atoms with Crippen molar-refractivity contribution in [2.75, 3.05) is 13.7 Å². The molecule has 1 saturated carbocycles. The Morgan fingerprint density at radius 2 is 1.95 bits per heavy atom. The zero-order chi connectivity index (χ0) is 14.5. The highest BCUT2D eigenvalue weighted by Crippen LogP contribution is 2.22. The van der Waals surface area contributed by atoms with E-state index in [4.69, 9.17) is 4.74 Å². The summed E-state index contributed by atoms with van der Waals surface area (Å²) in [4.78, 5) is 13.8. The van der Waals surface area contributed by atoms with Gasteiger partial charge in [-0.05, 0) is 31.9 Å². The van der Waals surface area contributed by atoms with Gasteiger partial charge in [-0.15, -0.1) is 0 Å². The van der Waals surface area contributed by atoms with Crippen molar-refractivity contribution in [1.29, 1.82) is 0 Å². The van der Waals surface area contributed by atoms with Crippen molar-refractivity contribution >= 4 is 5.91 Å². The maximum Gasteiger partial charge on any atom is 0.260 e. The molecule has 2 atom stereocenters. The summed E-state index contributed by atoms with van der Waals surface area (Å²) in [5.74, 6) is 0.609. The molecule has 1 aliphatic carbocycles. The van der Waals surface area contributed by atoms with E-state index >= 15 is 0 Å². The van der Waals surface area contributed by atoms with Crippen molar-refractivity contribution in [1.82, 2.24) is 4.90 Å². The number of aryl methyl sites for hydroxylation is 1. The van der Waals surface area contributed by atoms with E-state index < -0.39 is 6.10 Å². The lowest BCUT2D eigenvalue weighted by Gasteiger charge is -2.35. The zero-order valence-electron chi connectivity index (χ0n) is 12.2. The van der Waals surface area contributed by atoms with Gasteiger partial charge in [-0.1, -0.05) is 30.5 Å². The molecule has 1 aromatic rings. The van der Waals surface area contributed by atoms with Crippen molar-refractivity contribution in [2.24, 2.45) is 0 Å². The number of carbonyl (C=O) groups excluding carboxylic acids is 1. The number of likely N-dealkylation sites (N-methyl/N-ethyl adjacent to an activating group) is 1. The van der Waals surface area contributed by atoms with Crippen molar-refractivity contribution in [2.45, 2.75) is 44.8 Å². The third-order valence-corrected chi connectivity index (χ3v) is 3.97. The molecule has 1 N–H and O–H groups in total. The predicted octanol–water partition coefficient (Wildman–Crippen LogP) is 2.14. The number of amides is 1. The van der Waals surface area contributed by atoms with Crippen LogP contribution in [0.25, 0.3) is 0 Å². The van der Waals surface area contributed by atoms with Crippen LogP contribution < -0.4 is 4.74 Å². The molecule has 4 nitrogen and oxygen atoms in total. The van der Waals surface area contributed by atoms with Crippen LogP contribution in [0.2, 0.25) is 0 Å². The highest BCUT2D eigenvalue weighted by Gasteiger charge is 2.29. The van der Waals surface area contributed by atoms with Gasteiger partial charge in [0.2, 0.25) is 0 Å². The first kappa shape index (κ1) is 14.9. The molecule has 0 spiro atoms. The Bertz CT molecular complexity index is 444. The molecule has 110 valence electrons. The van der Waals surface area contributed by atoms with Gasteiger partial charge >= 0.3 is 0 Å². The highest BCUT2D eigenvalue weighted by atomic mass is 16.5. The summed E-state index contributed by atoms with van der Waals surface area (Å²) in [5, 5.41) is 9.97. The van der Waals surface area contributed by atoms with Crippen LogP contribution in [0.5, 0.6) is 5.75 Å². The molecule has 2 rings (SSSR count). The van der Waals surface area contributed by atoms with Crippen LogP contribution in [-0.2, 0) is 4.79 Å². The second-order valence-corrected chi connectivity index (χ2v) is 5.53. The molecule has 4 heteroatoms. The van der Waals surface area contributed by atoms with E-state index in [1.165, 1.54) is 0 Å². The van der Waals surface area contributed by atoms with Gasteiger partial charge < -0.3 is 14.7 Å². The van der Waals surface area contributed by atoms with Crippen LogP contribution in [0.15, 0.2) is 24.3 Å². The van der Waals surface area contributed by atoms with Gasteiger partial charge in [0, 0.05) is 7.05 Å². The topological polar surface area (TPSA) is 49.8 Å². The molecule has 20 heavy (non-hydrogen) atoms. The van der Waals surface area contributed by atoms with E-state index in [2.05, 4.69) is 0 Å². The molecule has 1 aliphatic rings. The molecule has 0 aliphatic heterocycles. The fourth-order valence-electron chi connectivity index (χ4n) is 2.61. The maximum absolute atomic E-state index is 12.1. The van der Waals surface area contributed by atoms with E-state index in [0.717, 1.165) is 31.2 Å². The first-order valence-corrected chi connectivity index (χ1v) is 7.21. The monoisotopic (exact) mass is 277 g/mol. The number of aliphatic hydroxyl groups is 1. The van der Waals surface area contributed by atoms with Crippen LogP contribution in [0.3, 0.4) is 0 Å². The van der Waals surface area contributed by atoms with Gasteiger partial charge in [-0.25, -0.2) is 0 Å². The van der Waals surface area contributed by atoms with Crippen LogP contribution >= 0.6 is 0 Å². The van der Waals surface area contributed by atoms with Gasteiger partial charge in [0.25, 0.3) is 5.91 Å². The van der Waals surface area contributed by atoms with Crippen molar-refractivity contribution in [3.05, 3.63) is 29.8 Å². The fraction of sp³-hybridized carbons (Fsp3) is 0.562. The zero-order valence-corrected chi connectivity index (χ0v) is 12.2. The summed E-state index contributed by atoms with van der Waals surface area (Å²) in [5.41, 5.74) is 1.16. The normalized spacial score (nSPS) is 22.4. The van der Waals surface area contributed by atoms with E-state index in [1.54, 1.807) is 11.9 Å². The summed E-state index contributed by atoms with van der Waals surface area (Å²) < 4.78 is 5.50.